The van der Waals surface area contributed by atoms with E-state index in [4.69, 9.17) is 0 Å². The number of carbonyl (C=O) groups is 1. The summed E-state index contributed by atoms with van der Waals surface area (Å²) in [6, 6.07) is 6.09. The number of hydrogen-bond acceptors (Lipinski definition) is 3. The van der Waals surface area contributed by atoms with Crippen LogP contribution in [0.1, 0.15) is 27.3 Å². The van der Waals surface area contributed by atoms with Crippen LogP contribution in [0, 0.1) is 25.6 Å². The lowest BCUT2D eigenvalue weighted by Crippen LogP contribution is -2.30. The number of nitrogens with one attached hydrogen (secondary N) is 1. The van der Waals surface area contributed by atoms with Crippen molar-refractivity contribution in [3.05, 3.63) is 52.6 Å². The molecule has 0 radical (unpaired) electrons. The molecule has 0 spiro atoms. The van der Waals surface area contributed by atoms with Gasteiger partial charge in [-0.05, 0) is 50.1 Å². The zero-order valence-electron chi connectivity index (χ0n) is 13.2. The minimum atomic E-state index is -0.572. The number of aliphatic hydroxyl groups is 1. The molecule has 1 fully saturated rings. The Morgan fingerprint density at radius 3 is 2.83 bits per heavy atom. The third-order valence-electron chi connectivity index (χ3n) is 4.34. The lowest BCUT2D eigenvalue weighted by atomic mass is 10.00. The number of rotatable bonds is 3. The van der Waals surface area contributed by atoms with Gasteiger partial charge in [-0.3, -0.25) is 9.89 Å². The largest absolute Gasteiger partial charge is 0.391 e. The van der Waals surface area contributed by atoms with Gasteiger partial charge in [0.1, 0.15) is 5.82 Å². The summed E-state index contributed by atoms with van der Waals surface area (Å²) in [6.45, 7) is 4.41. The maximum absolute atomic E-state index is 13.2. The van der Waals surface area contributed by atoms with E-state index in [0.717, 1.165) is 11.4 Å². The lowest BCUT2D eigenvalue weighted by Gasteiger charge is -2.17. The average molecular weight is 317 g/mol. The van der Waals surface area contributed by atoms with Gasteiger partial charge in [-0.15, -0.1) is 0 Å². The molecule has 2 heterocycles. The van der Waals surface area contributed by atoms with E-state index in [9.17, 15) is 14.3 Å². The summed E-state index contributed by atoms with van der Waals surface area (Å²) < 4.78 is 13.2. The Morgan fingerprint density at radius 1 is 1.39 bits per heavy atom. The number of hydrogen-bond donors (Lipinski definition) is 2. The van der Waals surface area contributed by atoms with Gasteiger partial charge in [0.25, 0.3) is 5.91 Å². The molecule has 3 rings (SSSR count). The first-order valence-corrected chi connectivity index (χ1v) is 7.68. The van der Waals surface area contributed by atoms with Crippen LogP contribution in [-0.4, -0.2) is 45.3 Å². The van der Waals surface area contributed by atoms with Gasteiger partial charge in [0.05, 0.1) is 11.8 Å². The van der Waals surface area contributed by atoms with E-state index in [1.54, 1.807) is 11.8 Å². The van der Waals surface area contributed by atoms with Crippen LogP contribution in [0.4, 0.5) is 4.39 Å². The van der Waals surface area contributed by atoms with Crippen molar-refractivity contribution in [2.45, 2.75) is 26.4 Å². The van der Waals surface area contributed by atoms with E-state index < -0.39 is 6.10 Å². The quantitative estimate of drug-likeness (QED) is 0.907. The molecule has 5 nitrogen and oxygen atoms in total. The van der Waals surface area contributed by atoms with Gasteiger partial charge in [0.2, 0.25) is 0 Å². The standard InChI is InChI=1S/C17H20FN3O2/c1-10-5-13(18)3-4-15(10)17(23)21-8-12(16(22)9-21)7-14-6-11(2)19-20-14/h3-6,12,16,22H,7-9H2,1-2H3,(H,19,20). The normalized spacial score (nSPS) is 21.0. The number of likely N-dealkylation sites (tertiary alicyclic amines) is 1. The minimum Gasteiger partial charge on any atom is -0.391 e. The summed E-state index contributed by atoms with van der Waals surface area (Å²) in [4.78, 5) is 14.2. The van der Waals surface area contributed by atoms with E-state index in [1.165, 1.54) is 18.2 Å². The first kappa shape index (κ1) is 15.7. The predicted molar refractivity (Wildman–Crippen MR) is 83.6 cm³/mol. The van der Waals surface area contributed by atoms with Gasteiger partial charge in [-0.2, -0.15) is 5.10 Å². The molecular formula is C17H20FN3O2. The van der Waals surface area contributed by atoms with E-state index in [0.29, 0.717) is 30.6 Å². The number of halogens is 1. The van der Waals surface area contributed by atoms with Crippen molar-refractivity contribution >= 4 is 5.91 Å². The van der Waals surface area contributed by atoms with Crippen molar-refractivity contribution in [3.8, 4) is 0 Å². The van der Waals surface area contributed by atoms with Crippen LogP contribution in [0.3, 0.4) is 0 Å². The Labute approximate surface area is 134 Å². The molecule has 0 aliphatic carbocycles. The summed E-state index contributed by atoms with van der Waals surface area (Å²) in [6.07, 6.45) is 0.0502. The second-order valence-electron chi connectivity index (χ2n) is 6.24. The third kappa shape index (κ3) is 3.27. The third-order valence-corrected chi connectivity index (χ3v) is 4.34. The van der Waals surface area contributed by atoms with Crippen LogP contribution in [0.25, 0.3) is 0 Å². The van der Waals surface area contributed by atoms with Crippen molar-refractivity contribution in [2.24, 2.45) is 5.92 Å². The van der Waals surface area contributed by atoms with E-state index in [1.807, 2.05) is 13.0 Å². The fraction of sp³-hybridized carbons (Fsp3) is 0.412. The van der Waals surface area contributed by atoms with Gasteiger partial charge >= 0.3 is 0 Å². The summed E-state index contributed by atoms with van der Waals surface area (Å²) in [7, 11) is 0. The van der Waals surface area contributed by atoms with Gasteiger partial charge in [-0.25, -0.2) is 4.39 Å². The van der Waals surface area contributed by atoms with Gasteiger partial charge in [-0.1, -0.05) is 0 Å². The van der Waals surface area contributed by atoms with Crippen molar-refractivity contribution in [2.75, 3.05) is 13.1 Å². The summed E-state index contributed by atoms with van der Waals surface area (Å²) in [5, 5.41) is 17.3. The Hall–Kier alpha value is -2.21. The highest BCUT2D eigenvalue weighted by Crippen LogP contribution is 2.24. The van der Waals surface area contributed by atoms with Crippen molar-refractivity contribution < 1.29 is 14.3 Å². The fourth-order valence-electron chi connectivity index (χ4n) is 3.11. The van der Waals surface area contributed by atoms with Crippen LogP contribution >= 0.6 is 0 Å². The molecule has 6 heteroatoms. The summed E-state index contributed by atoms with van der Waals surface area (Å²) in [5.41, 5.74) is 2.95. The predicted octanol–water partition coefficient (Wildman–Crippen LogP) is 1.84. The van der Waals surface area contributed by atoms with Crippen LogP contribution in [0.15, 0.2) is 24.3 Å². The van der Waals surface area contributed by atoms with E-state index in [2.05, 4.69) is 10.2 Å². The highest BCUT2D eigenvalue weighted by Gasteiger charge is 2.35. The molecule has 23 heavy (non-hydrogen) atoms. The zero-order valence-corrected chi connectivity index (χ0v) is 13.2. The van der Waals surface area contributed by atoms with Gasteiger partial charge < -0.3 is 10.0 Å². The Morgan fingerprint density at radius 2 is 2.17 bits per heavy atom. The van der Waals surface area contributed by atoms with Crippen LogP contribution in [-0.2, 0) is 6.42 Å². The van der Waals surface area contributed by atoms with Crippen molar-refractivity contribution in [3.63, 3.8) is 0 Å². The highest BCUT2D eigenvalue weighted by molar-refractivity contribution is 5.95. The number of carbonyl (C=O) groups excluding carboxylic acids is 1. The summed E-state index contributed by atoms with van der Waals surface area (Å²) >= 11 is 0. The molecular weight excluding hydrogens is 297 g/mol. The van der Waals surface area contributed by atoms with Crippen molar-refractivity contribution in [1.29, 1.82) is 0 Å². The Kier molecular flexibility index (Phi) is 4.17. The highest BCUT2D eigenvalue weighted by atomic mass is 19.1. The molecule has 0 saturated carbocycles. The molecule has 1 aliphatic rings. The second-order valence-corrected chi connectivity index (χ2v) is 6.24. The van der Waals surface area contributed by atoms with Crippen LogP contribution in [0.5, 0.6) is 0 Å². The zero-order chi connectivity index (χ0) is 16.6. The monoisotopic (exact) mass is 317 g/mol. The van der Waals surface area contributed by atoms with E-state index >= 15 is 0 Å². The fourth-order valence-corrected chi connectivity index (χ4v) is 3.11. The molecule has 122 valence electrons. The number of H-pyrrole nitrogens is 1. The maximum Gasteiger partial charge on any atom is 0.254 e. The van der Waals surface area contributed by atoms with Gasteiger partial charge in [0, 0.05) is 30.3 Å². The molecule has 1 aliphatic heterocycles. The molecule has 2 N–H and O–H groups in total. The number of benzene rings is 1. The molecule has 1 aromatic carbocycles. The summed E-state index contributed by atoms with van der Waals surface area (Å²) in [5.74, 6) is -0.558. The molecule has 2 aromatic rings. The smallest absolute Gasteiger partial charge is 0.254 e. The molecule has 1 aromatic heterocycles. The average Bonchev–Trinajstić information content (AvgIpc) is 3.05. The number of aryl methyl sites for hydroxylation is 2. The number of β-amino-alcohol motifs (C(OH)–C–C–N with tert-alkyl or cyclic N) is 1. The topological polar surface area (TPSA) is 69.2 Å². The number of aromatic nitrogens is 2. The maximum atomic E-state index is 13.2. The second kappa shape index (κ2) is 6.12. The Balaban J connectivity index is 1.71. The van der Waals surface area contributed by atoms with E-state index in [-0.39, 0.29) is 17.6 Å². The first-order valence-electron chi connectivity index (χ1n) is 7.68. The number of aromatic amines is 1. The minimum absolute atomic E-state index is 0.0394. The number of nitrogens with zero attached hydrogens (tertiary/aromatic N) is 2. The van der Waals surface area contributed by atoms with Crippen LogP contribution in [0.2, 0.25) is 0 Å². The Bertz CT molecular complexity index is 728. The number of amides is 1. The molecule has 1 amide bonds. The number of aliphatic hydroxyl groups excluding tert-OH is 1. The van der Waals surface area contributed by atoms with Crippen molar-refractivity contribution in [1.82, 2.24) is 15.1 Å². The van der Waals surface area contributed by atoms with Gasteiger partial charge in [0.15, 0.2) is 0 Å². The molecule has 2 unspecified atom stereocenters. The lowest BCUT2D eigenvalue weighted by molar-refractivity contribution is 0.0764. The molecule has 0 bridgehead atoms. The molecule has 1 saturated heterocycles. The SMILES string of the molecule is Cc1cc(CC2CN(C(=O)c3ccc(F)cc3C)CC2O)n[nH]1. The molecule has 2 atom stereocenters. The van der Waals surface area contributed by atoms with Crippen LogP contribution < -0.4 is 0 Å². The first-order chi connectivity index (χ1) is 10.9.